The number of nitro groups is 1. The van der Waals surface area contributed by atoms with Crippen LogP contribution in [0.1, 0.15) is 39.5 Å². The summed E-state index contributed by atoms with van der Waals surface area (Å²) in [6.45, 7) is 4.04. The van der Waals surface area contributed by atoms with Crippen LogP contribution in [0.15, 0.2) is 18.2 Å². The number of ether oxygens (including phenoxy) is 1. The van der Waals surface area contributed by atoms with Gasteiger partial charge in [-0.25, -0.2) is 0 Å². The number of benzene rings is 1. The minimum Gasteiger partial charge on any atom is -0.494 e. The Balaban J connectivity index is 2.01. The lowest BCUT2D eigenvalue weighted by Gasteiger charge is -2.31. The van der Waals surface area contributed by atoms with Crippen molar-refractivity contribution in [1.82, 2.24) is 5.32 Å². The molecule has 0 radical (unpaired) electrons. The first-order valence-corrected chi connectivity index (χ1v) is 8.31. The molecule has 1 saturated carbocycles. The Kier molecular flexibility index (Phi) is 6.14. The summed E-state index contributed by atoms with van der Waals surface area (Å²) >= 11 is 0. The molecule has 2 rings (SSSR count). The zero-order valence-corrected chi connectivity index (χ0v) is 14.4. The third kappa shape index (κ3) is 4.44. The molecule has 0 spiro atoms. The van der Waals surface area contributed by atoms with E-state index in [0.29, 0.717) is 17.6 Å². The number of hydrogen-bond acceptors (Lipinski definition) is 5. The van der Waals surface area contributed by atoms with Crippen LogP contribution < -0.4 is 15.4 Å². The Morgan fingerprint density at radius 2 is 2.08 bits per heavy atom. The number of anilines is 1. The van der Waals surface area contributed by atoms with Gasteiger partial charge in [-0.2, -0.15) is 0 Å². The number of hydrogen-bond donors (Lipinski definition) is 2. The van der Waals surface area contributed by atoms with Gasteiger partial charge in [0.05, 0.1) is 29.8 Å². The summed E-state index contributed by atoms with van der Waals surface area (Å²) in [6.07, 6.45) is 4.70. The van der Waals surface area contributed by atoms with E-state index in [2.05, 4.69) is 17.6 Å². The van der Waals surface area contributed by atoms with Crippen molar-refractivity contribution in [3.05, 3.63) is 28.3 Å². The van der Waals surface area contributed by atoms with E-state index in [9.17, 15) is 14.9 Å². The van der Waals surface area contributed by atoms with Crippen molar-refractivity contribution in [2.24, 2.45) is 5.92 Å². The zero-order chi connectivity index (χ0) is 17.7. The van der Waals surface area contributed by atoms with Gasteiger partial charge in [0.1, 0.15) is 5.75 Å². The van der Waals surface area contributed by atoms with Crippen LogP contribution in [0.3, 0.4) is 0 Å². The second-order valence-corrected chi connectivity index (χ2v) is 6.39. The number of carbonyl (C=O) groups excluding carboxylic acids is 1. The second kappa shape index (κ2) is 8.10. The third-order valence-electron chi connectivity index (χ3n) is 4.62. The van der Waals surface area contributed by atoms with Crippen LogP contribution in [-0.2, 0) is 4.79 Å². The Morgan fingerprint density at radius 3 is 2.71 bits per heavy atom. The van der Waals surface area contributed by atoms with E-state index in [-0.39, 0.29) is 23.4 Å². The third-order valence-corrected chi connectivity index (χ3v) is 4.62. The van der Waals surface area contributed by atoms with Crippen molar-refractivity contribution in [2.45, 2.75) is 51.6 Å². The van der Waals surface area contributed by atoms with E-state index in [0.717, 1.165) is 6.42 Å². The van der Waals surface area contributed by atoms with Crippen molar-refractivity contribution in [3.8, 4) is 5.75 Å². The maximum atomic E-state index is 12.4. The smallest absolute Gasteiger partial charge is 0.273 e. The fraction of sp³-hybridized carbons (Fsp3) is 0.588. The molecule has 3 atom stereocenters. The number of nitrogens with one attached hydrogen (secondary N) is 2. The Morgan fingerprint density at radius 1 is 1.38 bits per heavy atom. The predicted octanol–water partition coefficient (Wildman–Crippen LogP) is 3.10. The van der Waals surface area contributed by atoms with Crippen molar-refractivity contribution in [2.75, 3.05) is 12.4 Å². The van der Waals surface area contributed by atoms with Crippen LogP contribution in [0.2, 0.25) is 0 Å². The Bertz CT molecular complexity index is 605. The van der Waals surface area contributed by atoms with Crippen LogP contribution in [0.4, 0.5) is 11.4 Å². The van der Waals surface area contributed by atoms with Crippen LogP contribution in [0.5, 0.6) is 5.75 Å². The van der Waals surface area contributed by atoms with E-state index in [1.807, 2.05) is 6.92 Å². The maximum absolute atomic E-state index is 12.4. The molecule has 0 aliphatic heterocycles. The van der Waals surface area contributed by atoms with Gasteiger partial charge < -0.3 is 15.4 Å². The molecule has 7 nitrogen and oxygen atoms in total. The number of non-ortho nitro benzene ring substituents is 1. The van der Waals surface area contributed by atoms with E-state index in [1.54, 1.807) is 0 Å². The van der Waals surface area contributed by atoms with Crippen LogP contribution in [0.25, 0.3) is 0 Å². The highest BCUT2D eigenvalue weighted by atomic mass is 16.6. The minimum absolute atomic E-state index is 0.0768. The number of nitrogens with zero attached hydrogens (tertiary/aromatic N) is 1. The molecule has 0 unspecified atom stereocenters. The lowest BCUT2D eigenvalue weighted by atomic mass is 9.85. The number of carbonyl (C=O) groups is 1. The standard InChI is InChI=1S/C17H25N3O4/c1-11-6-4-5-7-14(11)18-12(2)17(21)19-15-9-8-13(20(22)23)10-16(15)24-3/h8-12,14,18H,4-7H2,1-3H3,(H,19,21)/t11-,12-,14-/m0/s1. The van der Waals surface area contributed by atoms with Gasteiger partial charge in [-0.15, -0.1) is 0 Å². The monoisotopic (exact) mass is 335 g/mol. The first kappa shape index (κ1) is 18.2. The molecule has 0 heterocycles. The van der Waals surface area contributed by atoms with E-state index in [1.165, 1.54) is 44.6 Å². The number of amides is 1. The molecule has 0 bridgehead atoms. The van der Waals surface area contributed by atoms with E-state index >= 15 is 0 Å². The van der Waals surface area contributed by atoms with Crippen molar-refractivity contribution in [1.29, 1.82) is 0 Å². The predicted molar refractivity (Wildman–Crippen MR) is 92.3 cm³/mol. The Labute approximate surface area is 141 Å². The fourth-order valence-electron chi connectivity index (χ4n) is 3.10. The second-order valence-electron chi connectivity index (χ2n) is 6.39. The SMILES string of the molecule is COc1cc([N+](=O)[O-])ccc1NC(=O)[C@H](C)N[C@H]1CCCC[C@@H]1C. The van der Waals surface area contributed by atoms with Gasteiger partial charge in [-0.3, -0.25) is 14.9 Å². The normalized spacial score (nSPS) is 21.8. The summed E-state index contributed by atoms with van der Waals surface area (Å²) in [4.78, 5) is 22.7. The van der Waals surface area contributed by atoms with E-state index in [4.69, 9.17) is 4.74 Å². The molecule has 1 aliphatic carbocycles. The van der Waals surface area contributed by atoms with Crippen molar-refractivity contribution in [3.63, 3.8) is 0 Å². The molecule has 1 aromatic rings. The molecular weight excluding hydrogens is 310 g/mol. The van der Waals surface area contributed by atoms with Crippen LogP contribution in [0, 0.1) is 16.0 Å². The summed E-state index contributed by atoms with van der Waals surface area (Å²) in [5, 5.41) is 17.0. The molecule has 0 aromatic heterocycles. The van der Waals surface area contributed by atoms with Gasteiger partial charge in [0, 0.05) is 12.1 Å². The summed E-state index contributed by atoms with van der Waals surface area (Å²) in [5.74, 6) is 0.652. The molecular formula is C17H25N3O4. The van der Waals surface area contributed by atoms with Gasteiger partial charge in [0.2, 0.25) is 5.91 Å². The molecule has 1 aliphatic rings. The first-order valence-electron chi connectivity index (χ1n) is 8.31. The average molecular weight is 335 g/mol. The molecule has 0 saturated heterocycles. The number of nitro benzene ring substituents is 1. The fourth-order valence-corrected chi connectivity index (χ4v) is 3.10. The zero-order valence-electron chi connectivity index (χ0n) is 14.4. The van der Waals surface area contributed by atoms with Crippen molar-refractivity contribution >= 4 is 17.3 Å². The summed E-state index contributed by atoms with van der Waals surface area (Å²) < 4.78 is 5.14. The summed E-state index contributed by atoms with van der Waals surface area (Å²) in [6, 6.07) is 4.13. The van der Waals surface area contributed by atoms with Gasteiger partial charge in [-0.1, -0.05) is 19.8 Å². The highest BCUT2D eigenvalue weighted by Gasteiger charge is 2.25. The largest absolute Gasteiger partial charge is 0.494 e. The highest BCUT2D eigenvalue weighted by molar-refractivity contribution is 5.96. The number of rotatable bonds is 6. The molecule has 2 N–H and O–H groups in total. The van der Waals surface area contributed by atoms with Crippen LogP contribution >= 0.6 is 0 Å². The molecule has 1 fully saturated rings. The maximum Gasteiger partial charge on any atom is 0.273 e. The average Bonchev–Trinajstić information content (AvgIpc) is 2.56. The minimum atomic E-state index is -0.497. The van der Waals surface area contributed by atoms with Gasteiger partial charge in [-0.05, 0) is 31.7 Å². The number of methoxy groups -OCH3 is 1. The molecule has 132 valence electrons. The Hall–Kier alpha value is -2.15. The van der Waals surface area contributed by atoms with Crippen molar-refractivity contribution < 1.29 is 14.5 Å². The van der Waals surface area contributed by atoms with Crippen LogP contribution in [-0.4, -0.2) is 30.0 Å². The van der Waals surface area contributed by atoms with E-state index < -0.39 is 4.92 Å². The molecule has 24 heavy (non-hydrogen) atoms. The molecule has 7 heteroatoms. The topological polar surface area (TPSA) is 93.5 Å². The van der Waals surface area contributed by atoms with Gasteiger partial charge >= 0.3 is 0 Å². The quantitative estimate of drug-likeness (QED) is 0.615. The lowest BCUT2D eigenvalue weighted by Crippen LogP contribution is -2.47. The van der Waals surface area contributed by atoms with Gasteiger partial charge in [0.15, 0.2) is 0 Å². The molecule has 1 aromatic carbocycles. The summed E-state index contributed by atoms with van der Waals surface area (Å²) in [5.41, 5.74) is 0.352. The van der Waals surface area contributed by atoms with Gasteiger partial charge in [0.25, 0.3) is 5.69 Å². The lowest BCUT2D eigenvalue weighted by molar-refractivity contribution is -0.384. The first-order chi connectivity index (χ1) is 11.4. The summed E-state index contributed by atoms with van der Waals surface area (Å²) in [7, 11) is 1.42. The molecule has 1 amide bonds. The highest BCUT2D eigenvalue weighted by Crippen LogP contribution is 2.29.